The smallest absolute Gasteiger partial charge is 0.0908 e. The number of aryl methyl sites for hydroxylation is 6. The van der Waals surface area contributed by atoms with Crippen molar-refractivity contribution in [1.82, 2.24) is 0 Å². The number of benzene rings is 2. The van der Waals surface area contributed by atoms with E-state index in [0.29, 0.717) is 0 Å². The summed E-state index contributed by atoms with van der Waals surface area (Å²) in [6.07, 6.45) is 0. The largest absolute Gasteiger partial charge is 0.170 e. The molecule has 0 aliphatic heterocycles. The number of rotatable bonds is 2. The highest BCUT2D eigenvalue weighted by atomic mass is 35.5. The molecule has 1 aliphatic carbocycles. The van der Waals surface area contributed by atoms with Gasteiger partial charge in [-0.25, -0.2) is 0 Å². The molecule has 0 heterocycles. The normalized spacial score (nSPS) is 16.0. The molecule has 23 heavy (non-hydrogen) atoms. The molecule has 1 aliphatic rings. The van der Waals surface area contributed by atoms with Crippen LogP contribution in [0.5, 0.6) is 0 Å². The minimum absolute atomic E-state index is 0.879. The lowest BCUT2D eigenvalue weighted by Crippen LogP contribution is -1.99. The van der Waals surface area contributed by atoms with Crippen molar-refractivity contribution >= 4 is 34.3 Å². The van der Waals surface area contributed by atoms with E-state index < -0.39 is 4.33 Å². The van der Waals surface area contributed by atoms with Crippen LogP contribution in [0.2, 0.25) is 0 Å². The third-order valence-electron chi connectivity index (χ3n) is 4.67. The zero-order valence-electron chi connectivity index (χ0n) is 14.6. The summed E-state index contributed by atoms with van der Waals surface area (Å²) in [5.41, 5.74) is 12.0. The Morgan fingerprint density at radius 3 is 1.09 bits per heavy atom. The molecule has 0 fully saturated rings. The second kappa shape index (κ2) is 5.40. The summed E-state index contributed by atoms with van der Waals surface area (Å²) in [4.78, 5) is 0. The van der Waals surface area contributed by atoms with Gasteiger partial charge in [0.25, 0.3) is 0 Å². The first-order chi connectivity index (χ1) is 10.6. The van der Waals surface area contributed by atoms with Gasteiger partial charge in [0.05, 0.1) is 0 Å². The Balaban J connectivity index is 2.25. The standard InChI is InChI=1S/C21H22Cl2/c1-11-7-13(3)17(14(4)8-11)19-20(21(19,22)23)18-15(5)9-12(2)10-16(18)6/h7-10H,1-6H3. The van der Waals surface area contributed by atoms with Gasteiger partial charge in [-0.05, 0) is 74.9 Å². The Morgan fingerprint density at radius 1 is 0.565 bits per heavy atom. The minimum Gasteiger partial charge on any atom is -0.0908 e. The molecule has 0 saturated heterocycles. The van der Waals surface area contributed by atoms with Crippen molar-refractivity contribution in [2.75, 3.05) is 0 Å². The van der Waals surface area contributed by atoms with Crippen LogP contribution in [-0.4, -0.2) is 4.33 Å². The molecule has 0 radical (unpaired) electrons. The van der Waals surface area contributed by atoms with E-state index >= 15 is 0 Å². The molecule has 2 aromatic carbocycles. The Morgan fingerprint density at radius 2 is 0.826 bits per heavy atom. The van der Waals surface area contributed by atoms with Crippen LogP contribution in [-0.2, 0) is 0 Å². The lowest BCUT2D eigenvalue weighted by molar-refractivity contribution is 1.28. The zero-order chi connectivity index (χ0) is 17.1. The van der Waals surface area contributed by atoms with E-state index in [1.165, 1.54) is 44.5 Å². The first-order valence-electron chi connectivity index (χ1n) is 7.94. The molecule has 2 aromatic rings. The molecule has 0 spiro atoms. The molecule has 2 heteroatoms. The van der Waals surface area contributed by atoms with Crippen molar-refractivity contribution in [3.8, 4) is 0 Å². The molecule has 120 valence electrons. The van der Waals surface area contributed by atoms with E-state index in [9.17, 15) is 0 Å². The second-order valence-corrected chi connectivity index (χ2v) is 8.20. The number of hydrogen-bond donors (Lipinski definition) is 0. The lowest BCUT2D eigenvalue weighted by Gasteiger charge is -2.10. The van der Waals surface area contributed by atoms with E-state index in [2.05, 4.69) is 65.8 Å². The van der Waals surface area contributed by atoms with E-state index in [-0.39, 0.29) is 0 Å². The maximum Gasteiger partial charge on any atom is 0.170 e. The summed E-state index contributed by atoms with van der Waals surface area (Å²) in [5.74, 6) is 0. The Hall–Kier alpha value is -1.24. The number of halogens is 2. The summed E-state index contributed by atoms with van der Waals surface area (Å²) in [6.45, 7) is 12.8. The number of hydrogen-bond acceptors (Lipinski definition) is 0. The Labute approximate surface area is 149 Å². The van der Waals surface area contributed by atoms with Gasteiger partial charge < -0.3 is 0 Å². The van der Waals surface area contributed by atoms with Crippen molar-refractivity contribution < 1.29 is 0 Å². The molecular weight excluding hydrogens is 323 g/mol. The minimum atomic E-state index is -0.879. The SMILES string of the molecule is Cc1cc(C)c(C2=C(c3c(C)cc(C)cc3C)C2(Cl)Cl)c(C)c1. The van der Waals surface area contributed by atoms with Gasteiger partial charge in [-0.15, -0.1) is 0 Å². The average molecular weight is 345 g/mol. The second-order valence-electron chi connectivity index (χ2n) is 6.87. The summed E-state index contributed by atoms with van der Waals surface area (Å²) >= 11 is 13.4. The first kappa shape index (κ1) is 16.6. The fourth-order valence-corrected chi connectivity index (χ4v) is 4.61. The van der Waals surface area contributed by atoms with Crippen LogP contribution >= 0.6 is 23.2 Å². The molecule has 0 aromatic heterocycles. The van der Waals surface area contributed by atoms with Gasteiger partial charge in [-0.3, -0.25) is 0 Å². The highest BCUT2D eigenvalue weighted by Gasteiger charge is 2.53. The Bertz CT molecular complexity index is 739. The molecule has 0 nitrogen and oxygen atoms in total. The van der Waals surface area contributed by atoms with Gasteiger partial charge in [0.2, 0.25) is 0 Å². The van der Waals surface area contributed by atoms with Crippen molar-refractivity contribution in [2.24, 2.45) is 0 Å². The van der Waals surface area contributed by atoms with Gasteiger partial charge in [0.15, 0.2) is 4.33 Å². The van der Waals surface area contributed by atoms with Crippen molar-refractivity contribution in [1.29, 1.82) is 0 Å². The summed E-state index contributed by atoms with van der Waals surface area (Å²) in [6, 6.07) is 8.79. The number of alkyl halides is 2. The van der Waals surface area contributed by atoms with Gasteiger partial charge in [-0.2, -0.15) is 0 Å². The fraction of sp³-hybridized carbons (Fsp3) is 0.333. The van der Waals surface area contributed by atoms with Crippen molar-refractivity contribution in [3.05, 3.63) is 68.8 Å². The highest BCUT2D eigenvalue weighted by molar-refractivity contribution is 6.69. The predicted octanol–water partition coefficient (Wildman–Crippen LogP) is 6.64. The Kier molecular flexibility index (Phi) is 3.90. The number of allylic oxidation sites excluding steroid dienone is 2. The zero-order valence-corrected chi connectivity index (χ0v) is 16.1. The van der Waals surface area contributed by atoms with Crippen LogP contribution in [0, 0.1) is 41.5 Å². The van der Waals surface area contributed by atoms with Crippen LogP contribution < -0.4 is 0 Å². The maximum absolute atomic E-state index is 6.70. The quantitative estimate of drug-likeness (QED) is 0.536. The maximum atomic E-state index is 6.70. The fourth-order valence-electron chi connectivity index (χ4n) is 3.95. The third-order valence-corrected chi connectivity index (χ3v) is 5.43. The summed E-state index contributed by atoms with van der Waals surface area (Å²) in [5, 5.41) is 0. The average Bonchev–Trinajstić information content (AvgIpc) is 2.89. The highest BCUT2D eigenvalue weighted by Crippen LogP contribution is 2.65. The van der Waals surface area contributed by atoms with E-state index in [1.807, 2.05) is 0 Å². The summed E-state index contributed by atoms with van der Waals surface area (Å²) < 4.78 is -0.879. The van der Waals surface area contributed by atoms with Gasteiger partial charge in [0, 0.05) is 11.1 Å². The van der Waals surface area contributed by atoms with E-state index in [1.54, 1.807) is 0 Å². The van der Waals surface area contributed by atoms with Gasteiger partial charge >= 0.3 is 0 Å². The molecule has 0 amide bonds. The van der Waals surface area contributed by atoms with E-state index in [4.69, 9.17) is 23.2 Å². The third kappa shape index (κ3) is 2.62. The topological polar surface area (TPSA) is 0 Å². The van der Waals surface area contributed by atoms with Crippen LogP contribution in [0.1, 0.15) is 44.5 Å². The molecular formula is C21H22Cl2. The van der Waals surface area contributed by atoms with Gasteiger partial charge in [0.1, 0.15) is 0 Å². The first-order valence-corrected chi connectivity index (χ1v) is 8.69. The van der Waals surface area contributed by atoms with Crippen molar-refractivity contribution in [3.63, 3.8) is 0 Å². The summed E-state index contributed by atoms with van der Waals surface area (Å²) in [7, 11) is 0. The van der Waals surface area contributed by atoms with Crippen LogP contribution in [0.3, 0.4) is 0 Å². The molecule has 0 saturated carbocycles. The van der Waals surface area contributed by atoms with Crippen molar-refractivity contribution in [2.45, 2.75) is 45.9 Å². The monoisotopic (exact) mass is 344 g/mol. The van der Waals surface area contributed by atoms with Crippen LogP contribution in [0.15, 0.2) is 24.3 Å². The molecule has 0 atom stereocenters. The molecule has 3 rings (SSSR count). The van der Waals surface area contributed by atoms with E-state index in [0.717, 1.165) is 11.1 Å². The lowest BCUT2D eigenvalue weighted by atomic mass is 9.96. The molecule has 0 N–H and O–H groups in total. The van der Waals surface area contributed by atoms with Crippen LogP contribution in [0.4, 0.5) is 0 Å². The van der Waals surface area contributed by atoms with Gasteiger partial charge in [-0.1, -0.05) is 58.6 Å². The molecule has 0 bridgehead atoms. The van der Waals surface area contributed by atoms with Crippen LogP contribution in [0.25, 0.3) is 11.1 Å². The molecule has 0 unspecified atom stereocenters. The predicted molar refractivity (Wildman–Crippen MR) is 103 cm³/mol.